The largest absolute Gasteiger partial charge is 0.465 e. The molecular formula is C15H29NO2. The van der Waals surface area contributed by atoms with Crippen molar-refractivity contribution in [3.05, 3.63) is 0 Å². The summed E-state index contributed by atoms with van der Waals surface area (Å²) in [7, 11) is 0. The fourth-order valence-electron chi connectivity index (χ4n) is 2.40. The molecule has 1 atom stereocenters. The van der Waals surface area contributed by atoms with Crippen molar-refractivity contribution < 1.29 is 9.53 Å². The van der Waals surface area contributed by atoms with Gasteiger partial charge in [0.25, 0.3) is 0 Å². The Balaban J connectivity index is 1.89. The Morgan fingerprint density at radius 3 is 2.56 bits per heavy atom. The van der Waals surface area contributed by atoms with Crippen molar-refractivity contribution in [3.63, 3.8) is 0 Å². The van der Waals surface area contributed by atoms with Crippen molar-refractivity contribution in [1.82, 2.24) is 5.32 Å². The summed E-state index contributed by atoms with van der Waals surface area (Å²) in [6.45, 7) is 4.69. The van der Waals surface area contributed by atoms with Crippen LogP contribution in [0.25, 0.3) is 0 Å². The number of ether oxygens (including phenoxy) is 1. The molecule has 0 aliphatic carbocycles. The normalized spacial score (nSPS) is 19.7. The predicted octanol–water partition coefficient (Wildman–Crippen LogP) is 3.28. The third kappa shape index (κ3) is 7.00. The summed E-state index contributed by atoms with van der Waals surface area (Å²) in [5, 5.41) is 3.25. The van der Waals surface area contributed by atoms with Crippen LogP contribution in [0.5, 0.6) is 0 Å². The Morgan fingerprint density at radius 1 is 1.17 bits per heavy atom. The van der Waals surface area contributed by atoms with Gasteiger partial charge in [0.2, 0.25) is 0 Å². The number of esters is 1. The molecule has 0 aromatic heterocycles. The van der Waals surface area contributed by atoms with Crippen molar-refractivity contribution in [2.45, 2.75) is 64.7 Å². The van der Waals surface area contributed by atoms with Gasteiger partial charge in [-0.3, -0.25) is 4.79 Å². The van der Waals surface area contributed by atoms with Gasteiger partial charge in [0, 0.05) is 6.54 Å². The zero-order valence-corrected chi connectivity index (χ0v) is 11.9. The summed E-state index contributed by atoms with van der Waals surface area (Å²) in [6, 6.07) is 0. The van der Waals surface area contributed by atoms with Crippen LogP contribution in [0.4, 0.5) is 0 Å². The average molecular weight is 255 g/mol. The highest BCUT2D eigenvalue weighted by atomic mass is 16.5. The van der Waals surface area contributed by atoms with Gasteiger partial charge >= 0.3 is 5.97 Å². The van der Waals surface area contributed by atoms with Crippen molar-refractivity contribution in [3.8, 4) is 0 Å². The summed E-state index contributed by atoms with van der Waals surface area (Å²) in [5.41, 5.74) is 0. The Labute approximate surface area is 112 Å². The summed E-state index contributed by atoms with van der Waals surface area (Å²) in [6.07, 6.45) is 10.9. The van der Waals surface area contributed by atoms with Crippen LogP contribution in [0, 0.1) is 5.92 Å². The maximum Gasteiger partial charge on any atom is 0.310 e. The maximum absolute atomic E-state index is 11.7. The first kappa shape index (κ1) is 15.5. The van der Waals surface area contributed by atoms with Crippen LogP contribution in [0.3, 0.4) is 0 Å². The predicted molar refractivity (Wildman–Crippen MR) is 74.5 cm³/mol. The molecule has 1 unspecified atom stereocenters. The van der Waals surface area contributed by atoms with Crippen LogP contribution in [0.1, 0.15) is 64.7 Å². The first-order valence-electron chi connectivity index (χ1n) is 7.72. The van der Waals surface area contributed by atoms with Crippen molar-refractivity contribution >= 4 is 5.97 Å². The highest BCUT2D eigenvalue weighted by Gasteiger charge is 2.21. The first-order chi connectivity index (χ1) is 8.84. The summed E-state index contributed by atoms with van der Waals surface area (Å²) >= 11 is 0. The third-order valence-corrected chi connectivity index (χ3v) is 3.62. The lowest BCUT2D eigenvalue weighted by Crippen LogP contribution is -2.35. The van der Waals surface area contributed by atoms with Gasteiger partial charge in [0.05, 0.1) is 12.5 Å². The van der Waals surface area contributed by atoms with Gasteiger partial charge in [-0.1, -0.05) is 45.4 Å². The Bertz CT molecular complexity index is 213. The second kappa shape index (κ2) is 10.4. The first-order valence-corrected chi connectivity index (χ1v) is 7.72. The molecule has 0 saturated carbocycles. The van der Waals surface area contributed by atoms with Crippen LogP contribution in [-0.4, -0.2) is 25.7 Å². The van der Waals surface area contributed by atoms with E-state index in [0.29, 0.717) is 6.61 Å². The molecule has 1 N–H and O–H groups in total. The minimum Gasteiger partial charge on any atom is -0.465 e. The summed E-state index contributed by atoms with van der Waals surface area (Å²) in [5.74, 6) is 0.108. The zero-order chi connectivity index (χ0) is 13.1. The highest BCUT2D eigenvalue weighted by Crippen LogP contribution is 2.12. The van der Waals surface area contributed by atoms with Gasteiger partial charge < -0.3 is 10.1 Å². The van der Waals surface area contributed by atoms with E-state index in [4.69, 9.17) is 4.74 Å². The van der Waals surface area contributed by atoms with Crippen molar-refractivity contribution in [2.24, 2.45) is 5.92 Å². The molecule has 1 rings (SSSR count). The van der Waals surface area contributed by atoms with E-state index >= 15 is 0 Å². The fraction of sp³-hybridized carbons (Fsp3) is 0.933. The standard InChI is InChI=1S/C15H29NO2/c1-2-3-4-5-6-7-8-12-18-15(17)14-10-9-11-16-13-14/h14,16H,2-13H2,1H3. The molecule has 1 aliphatic heterocycles. The van der Waals surface area contributed by atoms with Crippen LogP contribution in [-0.2, 0) is 9.53 Å². The molecular weight excluding hydrogens is 226 g/mol. The van der Waals surface area contributed by atoms with E-state index < -0.39 is 0 Å². The van der Waals surface area contributed by atoms with Gasteiger partial charge in [0.15, 0.2) is 0 Å². The second-order valence-electron chi connectivity index (χ2n) is 5.33. The lowest BCUT2D eigenvalue weighted by atomic mass is 10.0. The van der Waals surface area contributed by atoms with E-state index in [9.17, 15) is 4.79 Å². The molecule has 0 bridgehead atoms. The smallest absolute Gasteiger partial charge is 0.310 e. The van der Waals surface area contributed by atoms with Gasteiger partial charge in [-0.05, 0) is 25.8 Å². The van der Waals surface area contributed by atoms with E-state index in [1.165, 1.54) is 38.5 Å². The number of rotatable bonds is 9. The number of unbranched alkanes of at least 4 members (excludes halogenated alkanes) is 6. The zero-order valence-electron chi connectivity index (χ0n) is 11.9. The number of carbonyl (C=O) groups is 1. The van der Waals surface area contributed by atoms with E-state index in [0.717, 1.165) is 32.4 Å². The Morgan fingerprint density at radius 2 is 1.89 bits per heavy atom. The van der Waals surface area contributed by atoms with Crippen molar-refractivity contribution in [1.29, 1.82) is 0 Å². The molecule has 18 heavy (non-hydrogen) atoms. The Hall–Kier alpha value is -0.570. The molecule has 0 aromatic rings. The molecule has 0 radical (unpaired) electrons. The maximum atomic E-state index is 11.7. The van der Waals surface area contributed by atoms with Crippen LogP contribution in [0.2, 0.25) is 0 Å². The molecule has 0 amide bonds. The van der Waals surface area contributed by atoms with Gasteiger partial charge in [-0.2, -0.15) is 0 Å². The summed E-state index contributed by atoms with van der Waals surface area (Å²) < 4.78 is 5.33. The van der Waals surface area contributed by atoms with Crippen LogP contribution >= 0.6 is 0 Å². The van der Waals surface area contributed by atoms with Gasteiger partial charge in [-0.15, -0.1) is 0 Å². The molecule has 1 saturated heterocycles. The van der Waals surface area contributed by atoms with Gasteiger partial charge in [-0.25, -0.2) is 0 Å². The number of piperidine rings is 1. The van der Waals surface area contributed by atoms with Crippen LogP contribution in [0.15, 0.2) is 0 Å². The molecule has 3 nitrogen and oxygen atoms in total. The second-order valence-corrected chi connectivity index (χ2v) is 5.33. The monoisotopic (exact) mass is 255 g/mol. The summed E-state index contributed by atoms with van der Waals surface area (Å²) in [4.78, 5) is 11.7. The molecule has 1 heterocycles. The van der Waals surface area contributed by atoms with E-state index in [2.05, 4.69) is 12.2 Å². The molecule has 1 aliphatic rings. The Kier molecular flexibility index (Phi) is 8.92. The number of nitrogens with one attached hydrogen (secondary N) is 1. The van der Waals surface area contributed by atoms with Gasteiger partial charge in [0.1, 0.15) is 0 Å². The minimum atomic E-state index is 0.00758. The minimum absolute atomic E-state index is 0.00758. The van der Waals surface area contributed by atoms with E-state index in [1.54, 1.807) is 0 Å². The molecule has 0 spiro atoms. The third-order valence-electron chi connectivity index (χ3n) is 3.62. The molecule has 106 valence electrons. The molecule has 0 aromatic carbocycles. The average Bonchev–Trinajstić information content (AvgIpc) is 2.42. The lowest BCUT2D eigenvalue weighted by molar-refractivity contribution is -0.149. The SMILES string of the molecule is CCCCCCCCCOC(=O)C1CCCNC1. The quantitative estimate of drug-likeness (QED) is 0.507. The van der Waals surface area contributed by atoms with E-state index in [-0.39, 0.29) is 11.9 Å². The molecule has 3 heteroatoms. The van der Waals surface area contributed by atoms with E-state index in [1.807, 2.05) is 0 Å². The van der Waals surface area contributed by atoms with Crippen molar-refractivity contribution in [2.75, 3.05) is 19.7 Å². The number of hydrogen-bond acceptors (Lipinski definition) is 3. The highest BCUT2D eigenvalue weighted by molar-refractivity contribution is 5.72. The topological polar surface area (TPSA) is 38.3 Å². The van der Waals surface area contributed by atoms with Crippen LogP contribution < -0.4 is 5.32 Å². The molecule has 1 fully saturated rings. The number of carbonyl (C=O) groups excluding carboxylic acids is 1. The fourth-order valence-corrected chi connectivity index (χ4v) is 2.40. The lowest BCUT2D eigenvalue weighted by Gasteiger charge is -2.21. The number of hydrogen-bond donors (Lipinski definition) is 1.